The van der Waals surface area contributed by atoms with Crippen molar-refractivity contribution >= 4 is 21.7 Å². The summed E-state index contributed by atoms with van der Waals surface area (Å²) in [5.41, 5.74) is 0. The maximum atomic E-state index is 12.4. The molecule has 1 atom stereocenters. The highest BCUT2D eigenvalue weighted by Crippen LogP contribution is 2.35. The van der Waals surface area contributed by atoms with Crippen molar-refractivity contribution in [3.05, 3.63) is 0 Å². The summed E-state index contributed by atoms with van der Waals surface area (Å²) in [7, 11) is -2.94. The highest BCUT2D eigenvalue weighted by atomic mass is 32.2. The quantitative estimate of drug-likeness (QED) is 0.727. The molecule has 0 bridgehead atoms. The first-order valence-corrected chi connectivity index (χ1v) is 8.59. The summed E-state index contributed by atoms with van der Waals surface area (Å²) in [5, 5.41) is 2.77. The Morgan fingerprint density at radius 2 is 1.68 bits per heavy atom. The Bertz CT molecular complexity index is 498. The van der Waals surface area contributed by atoms with Gasteiger partial charge < -0.3 is 10.2 Å². The van der Waals surface area contributed by atoms with E-state index >= 15 is 0 Å². The Labute approximate surface area is 112 Å². The maximum Gasteiger partial charge on any atom is 0.246 e. The number of carbonyl (C=O) groups is 2. The summed E-state index contributed by atoms with van der Waals surface area (Å²) in [6, 6.07) is -0.469. The highest BCUT2D eigenvalue weighted by molar-refractivity contribution is 7.91. The summed E-state index contributed by atoms with van der Waals surface area (Å²) >= 11 is 0. The topological polar surface area (TPSA) is 83.6 Å². The SMILES string of the molecule is O=C1CN(C2CCS(=O)(=O)CC2)C(=O)C(C2CC2)N1. The number of nitrogens with zero attached hydrogens (tertiary/aromatic N) is 1. The van der Waals surface area contributed by atoms with E-state index in [0.717, 1.165) is 12.8 Å². The van der Waals surface area contributed by atoms with E-state index in [1.54, 1.807) is 4.90 Å². The lowest BCUT2D eigenvalue weighted by Crippen LogP contribution is -2.62. The molecule has 106 valence electrons. The van der Waals surface area contributed by atoms with Crippen molar-refractivity contribution in [1.82, 2.24) is 10.2 Å². The van der Waals surface area contributed by atoms with Gasteiger partial charge in [-0.15, -0.1) is 0 Å². The van der Waals surface area contributed by atoms with E-state index < -0.39 is 9.84 Å². The lowest BCUT2D eigenvalue weighted by Gasteiger charge is -2.39. The van der Waals surface area contributed by atoms with Crippen LogP contribution in [0.4, 0.5) is 0 Å². The average molecular weight is 286 g/mol. The van der Waals surface area contributed by atoms with Crippen LogP contribution in [0.2, 0.25) is 0 Å². The van der Waals surface area contributed by atoms with Gasteiger partial charge in [-0.1, -0.05) is 0 Å². The third-order valence-corrected chi connectivity index (χ3v) is 5.95. The summed E-state index contributed by atoms with van der Waals surface area (Å²) in [4.78, 5) is 25.7. The molecule has 1 N–H and O–H groups in total. The Hall–Kier alpha value is -1.11. The predicted molar refractivity (Wildman–Crippen MR) is 68.0 cm³/mol. The maximum absolute atomic E-state index is 12.4. The Kier molecular flexibility index (Phi) is 3.03. The number of hydrogen-bond acceptors (Lipinski definition) is 4. The van der Waals surface area contributed by atoms with Gasteiger partial charge in [-0.3, -0.25) is 9.59 Å². The molecule has 3 aliphatic rings. The van der Waals surface area contributed by atoms with Crippen LogP contribution in [0, 0.1) is 5.92 Å². The highest BCUT2D eigenvalue weighted by Gasteiger charge is 2.45. The molecule has 1 saturated carbocycles. The van der Waals surface area contributed by atoms with Crippen LogP contribution in [0.25, 0.3) is 0 Å². The molecule has 2 amide bonds. The van der Waals surface area contributed by atoms with Crippen LogP contribution in [0.15, 0.2) is 0 Å². The Balaban J connectivity index is 1.72. The van der Waals surface area contributed by atoms with Crippen LogP contribution in [-0.2, 0) is 19.4 Å². The molecule has 0 aromatic carbocycles. The molecule has 6 nitrogen and oxygen atoms in total. The second-order valence-electron chi connectivity index (χ2n) is 5.73. The zero-order chi connectivity index (χ0) is 13.6. The van der Waals surface area contributed by atoms with Gasteiger partial charge in [0.25, 0.3) is 0 Å². The summed E-state index contributed by atoms with van der Waals surface area (Å²) in [6.45, 7) is 0.0762. The van der Waals surface area contributed by atoms with Gasteiger partial charge in [0.05, 0.1) is 18.1 Å². The van der Waals surface area contributed by atoms with Crippen molar-refractivity contribution in [2.24, 2.45) is 5.92 Å². The molecule has 2 aliphatic heterocycles. The van der Waals surface area contributed by atoms with E-state index in [1.807, 2.05) is 0 Å². The molecule has 2 heterocycles. The van der Waals surface area contributed by atoms with E-state index in [2.05, 4.69) is 5.32 Å². The molecular formula is C12H18N2O4S. The van der Waals surface area contributed by atoms with Crippen molar-refractivity contribution in [2.45, 2.75) is 37.8 Å². The molecule has 0 aromatic rings. The number of nitrogens with one attached hydrogen (secondary N) is 1. The molecule has 0 aromatic heterocycles. The number of piperazine rings is 1. The smallest absolute Gasteiger partial charge is 0.246 e. The minimum absolute atomic E-state index is 0.0219. The van der Waals surface area contributed by atoms with Crippen LogP contribution in [0.3, 0.4) is 0 Å². The molecule has 0 spiro atoms. The molecule has 1 unspecified atom stereocenters. The molecular weight excluding hydrogens is 268 g/mol. The Morgan fingerprint density at radius 1 is 1.05 bits per heavy atom. The van der Waals surface area contributed by atoms with Crippen LogP contribution >= 0.6 is 0 Å². The van der Waals surface area contributed by atoms with Crippen molar-refractivity contribution < 1.29 is 18.0 Å². The average Bonchev–Trinajstić information content (AvgIpc) is 3.16. The minimum Gasteiger partial charge on any atom is -0.342 e. The number of carbonyl (C=O) groups excluding carboxylic acids is 2. The second-order valence-corrected chi connectivity index (χ2v) is 8.04. The minimum atomic E-state index is -2.94. The molecule has 0 radical (unpaired) electrons. The predicted octanol–water partition coefficient (Wildman–Crippen LogP) is -0.699. The van der Waals surface area contributed by atoms with Crippen LogP contribution in [0.1, 0.15) is 25.7 Å². The first kappa shape index (κ1) is 12.9. The van der Waals surface area contributed by atoms with Gasteiger partial charge >= 0.3 is 0 Å². The number of hydrogen-bond donors (Lipinski definition) is 1. The van der Waals surface area contributed by atoms with E-state index in [9.17, 15) is 18.0 Å². The summed E-state index contributed by atoms with van der Waals surface area (Å²) in [5.74, 6) is 0.386. The first-order chi connectivity index (χ1) is 8.96. The van der Waals surface area contributed by atoms with Crippen molar-refractivity contribution in [2.75, 3.05) is 18.1 Å². The summed E-state index contributed by atoms with van der Waals surface area (Å²) < 4.78 is 22.8. The summed E-state index contributed by atoms with van der Waals surface area (Å²) in [6.07, 6.45) is 2.89. The third-order valence-electron chi connectivity index (χ3n) is 4.24. The van der Waals surface area contributed by atoms with Crippen LogP contribution < -0.4 is 5.32 Å². The van der Waals surface area contributed by atoms with Crippen molar-refractivity contribution in [3.63, 3.8) is 0 Å². The number of amides is 2. The normalized spacial score (nSPS) is 32.2. The largest absolute Gasteiger partial charge is 0.342 e. The van der Waals surface area contributed by atoms with Gasteiger partial charge in [0.15, 0.2) is 0 Å². The van der Waals surface area contributed by atoms with E-state index in [0.29, 0.717) is 12.8 Å². The fourth-order valence-corrected chi connectivity index (χ4v) is 4.41. The van der Waals surface area contributed by atoms with Gasteiger partial charge in [-0.2, -0.15) is 0 Å². The van der Waals surface area contributed by atoms with Crippen molar-refractivity contribution in [3.8, 4) is 0 Å². The fourth-order valence-electron chi connectivity index (χ4n) is 2.94. The Morgan fingerprint density at radius 3 is 2.26 bits per heavy atom. The van der Waals surface area contributed by atoms with Crippen LogP contribution in [0.5, 0.6) is 0 Å². The number of sulfone groups is 1. The zero-order valence-corrected chi connectivity index (χ0v) is 11.5. The fraction of sp³-hybridized carbons (Fsp3) is 0.833. The molecule has 1 aliphatic carbocycles. The zero-order valence-electron chi connectivity index (χ0n) is 10.7. The lowest BCUT2D eigenvalue weighted by molar-refractivity contribution is -0.147. The monoisotopic (exact) mass is 286 g/mol. The standard InChI is InChI=1S/C12H18N2O4S/c15-10-7-14(9-3-5-19(17,18)6-4-9)12(16)11(13-10)8-1-2-8/h8-9,11H,1-7H2,(H,13,15). The van der Waals surface area contributed by atoms with E-state index in [-0.39, 0.29) is 47.9 Å². The molecule has 3 rings (SSSR count). The van der Waals surface area contributed by atoms with E-state index in [4.69, 9.17) is 0 Å². The van der Waals surface area contributed by atoms with E-state index in [1.165, 1.54) is 0 Å². The van der Waals surface area contributed by atoms with Gasteiger partial charge in [-0.05, 0) is 31.6 Å². The molecule has 19 heavy (non-hydrogen) atoms. The van der Waals surface area contributed by atoms with Gasteiger partial charge in [0.1, 0.15) is 15.9 Å². The molecule has 3 fully saturated rings. The van der Waals surface area contributed by atoms with Gasteiger partial charge in [0, 0.05) is 6.04 Å². The molecule has 7 heteroatoms. The number of rotatable bonds is 2. The van der Waals surface area contributed by atoms with Gasteiger partial charge in [0.2, 0.25) is 11.8 Å². The van der Waals surface area contributed by atoms with Gasteiger partial charge in [-0.25, -0.2) is 8.42 Å². The van der Waals surface area contributed by atoms with Crippen LogP contribution in [-0.4, -0.2) is 55.3 Å². The van der Waals surface area contributed by atoms with Crippen molar-refractivity contribution in [1.29, 1.82) is 0 Å². The second kappa shape index (κ2) is 4.47. The first-order valence-electron chi connectivity index (χ1n) is 6.76. The lowest BCUT2D eigenvalue weighted by atomic mass is 10.0. The molecule has 2 saturated heterocycles. The third kappa shape index (κ3) is 2.61.